The molecular formula is C15H11NO. The molecule has 0 spiro atoms. The van der Waals surface area contributed by atoms with E-state index in [1.54, 1.807) is 0 Å². The van der Waals surface area contributed by atoms with E-state index in [1.165, 1.54) is 0 Å². The number of nitrogens with one attached hydrogen (secondary N) is 1. The third-order valence-electron chi connectivity index (χ3n) is 3.66. The van der Waals surface area contributed by atoms with Crippen LogP contribution in [0.1, 0.15) is 39.1 Å². The minimum atomic E-state index is 0.158. The summed E-state index contributed by atoms with van der Waals surface area (Å²) in [6, 6.07) is 16.5. The largest absolute Gasteiger partial charge is 0.300 e. The lowest BCUT2D eigenvalue weighted by molar-refractivity contribution is 0.103. The van der Waals surface area contributed by atoms with Crippen molar-refractivity contribution < 1.29 is 4.79 Å². The summed E-state index contributed by atoms with van der Waals surface area (Å²) >= 11 is 0. The molecule has 1 fully saturated rings. The van der Waals surface area contributed by atoms with Crippen molar-refractivity contribution in [3.8, 4) is 0 Å². The molecule has 1 heterocycles. The van der Waals surface area contributed by atoms with Crippen LogP contribution in [0.2, 0.25) is 0 Å². The van der Waals surface area contributed by atoms with Gasteiger partial charge >= 0.3 is 0 Å². The predicted molar refractivity (Wildman–Crippen MR) is 64.9 cm³/mol. The van der Waals surface area contributed by atoms with Gasteiger partial charge in [0.2, 0.25) is 0 Å². The topological polar surface area (TPSA) is 39.0 Å². The van der Waals surface area contributed by atoms with Gasteiger partial charge in [0.15, 0.2) is 5.78 Å². The fourth-order valence-electron chi connectivity index (χ4n) is 2.77. The van der Waals surface area contributed by atoms with E-state index in [1.807, 2.05) is 36.4 Å². The molecule has 2 aliphatic rings. The highest BCUT2D eigenvalue weighted by molar-refractivity contribution is 6.11. The zero-order valence-corrected chi connectivity index (χ0v) is 9.18. The van der Waals surface area contributed by atoms with Gasteiger partial charge in [-0.3, -0.25) is 10.1 Å². The Bertz CT molecular complexity index is 579. The first-order valence-electron chi connectivity index (χ1n) is 5.85. The first-order chi connectivity index (χ1) is 8.36. The van der Waals surface area contributed by atoms with Gasteiger partial charge in [-0.05, 0) is 11.1 Å². The summed E-state index contributed by atoms with van der Waals surface area (Å²) in [5.41, 5.74) is 3.97. The van der Waals surface area contributed by atoms with Gasteiger partial charge < -0.3 is 0 Å². The van der Waals surface area contributed by atoms with Crippen molar-refractivity contribution in [2.45, 2.75) is 12.1 Å². The van der Waals surface area contributed by atoms with E-state index in [-0.39, 0.29) is 5.78 Å². The zero-order chi connectivity index (χ0) is 11.4. The van der Waals surface area contributed by atoms with E-state index in [2.05, 4.69) is 17.4 Å². The maximum absolute atomic E-state index is 12.5. The average molecular weight is 221 g/mol. The van der Waals surface area contributed by atoms with E-state index in [0.29, 0.717) is 12.1 Å². The molecule has 0 bridgehead atoms. The van der Waals surface area contributed by atoms with Gasteiger partial charge in [-0.2, -0.15) is 0 Å². The van der Waals surface area contributed by atoms with Crippen LogP contribution in [0.5, 0.6) is 0 Å². The van der Waals surface area contributed by atoms with E-state index < -0.39 is 0 Å². The highest BCUT2D eigenvalue weighted by Gasteiger charge is 2.44. The molecule has 1 aliphatic carbocycles. The van der Waals surface area contributed by atoms with Gasteiger partial charge in [0, 0.05) is 11.1 Å². The normalized spacial score (nSPS) is 24.4. The third-order valence-corrected chi connectivity index (χ3v) is 3.66. The number of hydrogen-bond donors (Lipinski definition) is 1. The number of carbonyl (C=O) groups is 1. The van der Waals surface area contributed by atoms with Crippen molar-refractivity contribution in [3.05, 3.63) is 70.8 Å². The first kappa shape index (κ1) is 9.14. The second kappa shape index (κ2) is 3.05. The van der Waals surface area contributed by atoms with Crippen LogP contribution >= 0.6 is 0 Å². The molecule has 2 aromatic rings. The van der Waals surface area contributed by atoms with Crippen LogP contribution in [0.4, 0.5) is 0 Å². The fourth-order valence-corrected chi connectivity index (χ4v) is 2.77. The summed E-state index contributed by atoms with van der Waals surface area (Å²) in [4.78, 5) is 12.5. The summed E-state index contributed by atoms with van der Waals surface area (Å²) in [6.45, 7) is 0. The molecule has 82 valence electrons. The Labute approximate surface area is 99.3 Å². The second-order valence-electron chi connectivity index (χ2n) is 4.63. The average Bonchev–Trinajstić information content (AvgIpc) is 3.18. The van der Waals surface area contributed by atoms with E-state index in [0.717, 1.165) is 22.3 Å². The Hall–Kier alpha value is -1.93. The smallest absolute Gasteiger partial charge is 0.193 e. The van der Waals surface area contributed by atoms with Crippen LogP contribution in [0, 0.1) is 0 Å². The van der Waals surface area contributed by atoms with E-state index >= 15 is 0 Å². The summed E-state index contributed by atoms with van der Waals surface area (Å²) in [6.07, 6.45) is 0. The molecule has 1 N–H and O–H groups in total. The maximum Gasteiger partial charge on any atom is 0.193 e. The van der Waals surface area contributed by atoms with Crippen molar-refractivity contribution in [1.29, 1.82) is 0 Å². The van der Waals surface area contributed by atoms with Crippen LogP contribution in [0.3, 0.4) is 0 Å². The molecule has 2 nitrogen and oxygen atoms in total. The zero-order valence-electron chi connectivity index (χ0n) is 9.18. The van der Waals surface area contributed by atoms with Crippen molar-refractivity contribution in [1.82, 2.24) is 5.32 Å². The maximum atomic E-state index is 12.5. The molecular weight excluding hydrogens is 210 g/mol. The number of rotatable bonds is 0. The lowest BCUT2D eigenvalue weighted by Crippen LogP contribution is -2.06. The Kier molecular flexibility index (Phi) is 1.64. The van der Waals surface area contributed by atoms with Gasteiger partial charge in [-0.1, -0.05) is 48.5 Å². The Balaban J connectivity index is 2.03. The standard InChI is InChI=1S/C15H11NO/c17-15-11-7-3-1-5-9(11)13-14(16-13)10-6-2-4-8-12(10)15/h1-8,13-14,16H. The minimum absolute atomic E-state index is 0.158. The summed E-state index contributed by atoms with van der Waals surface area (Å²) in [5.74, 6) is 0.158. The fraction of sp³-hybridized carbons (Fsp3) is 0.133. The molecule has 0 amide bonds. The summed E-state index contributed by atoms with van der Waals surface area (Å²) < 4.78 is 0. The number of hydrogen-bond acceptors (Lipinski definition) is 2. The van der Waals surface area contributed by atoms with Crippen LogP contribution < -0.4 is 5.32 Å². The Morgan fingerprint density at radius 1 is 0.765 bits per heavy atom. The van der Waals surface area contributed by atoms with Crippen molar-refractivity contribution in [2.24, 2.45) is 0 Å². The van der Waals surface area contributed by atoms with Crippen LogP contribution in [0.15, 0.2) is 48.5 Å². The lowest BCUT2D eigenvalue weighted by atomic mass is 9.98. The van der Waals surface area contributed by atoms with Crippen molar-refractivity contribution in [3.63, 3.8) is 0 Å². The molecule has 2 heteroatoms. The molecule has 2 unspecified atom stereocenters. The third kappa shape index (κ3) is 1.16. The molecule has 4 rings (SSSR count). The van der Waals surface area contributed by atoms with E-state index in [4.69, 9.17) is 0 Å². The van der Waals surface area contributed by atoms with Crippen LogP contribution in [-0.2, 0) is 0 Å². The molecule has 17 heavy (non-hydrogen) atoms. The van der Waals surface area contributed by atoms with Crippen molar-refractivity contribution in [2.75, 3.05) is 0 Å². The van der Waals surface area contributed by atoms with Gasteiger partial charge in [0.25, 0.3) is 0 Å². The number of ketones is 1. The monoisotopic (exact) mass is 221 g/mol. The Morgan fingerprint density at radius 3 is 1.76 bits per heavy atom. The predicted octanol–water partition coefficient (Wildman–Crippen LogP) is 2.62. The molecule has 0 radical (unpaired) electrons. The van der Waals surface area contributed by atoms with Crippen LogP contribution in [0.25, 0.3) is 0 Å². The molecule has 2 aromatic carbocycles. The quantitative estimate of drug-likeness (QED) is 0.694. The Morgan fingerprint density at radius 2 is 1.24 bits per heavy atom. The first-order valence-corrected chi connectivity index (χ1v) is 5.85. The number of benzene rings is 2. The molecule has 1 saturated heterocycles. The number of fused-ring (bicyclic) bond motifs is 5. The highest BCUT2D eigenvalue weighted by Crippen LogP contribution is 2.47. The summed E-state index contributed by atoms with van der Waals surface area (Å²) in [5, 5.41) is 3.45. The van der Waals surface area contributed by atoms with Gasteiger partial charge in [-0.15, -0.1) is 0 Å². The van der Waals surface area contributed by atoms with Gasteiger partial charge in [-0.25, -0.2) is 0 Å². The highest BCUT2D eigenvalue weighted by atomic mass is 16.1. The number of carbonyl (C=O) groups excluding carboxylic acids is 1. The minimum Gasteiger partial charge on any atom is -0.300 e. The molecule has 2 atom stereocenters. The molecule has 0 aromatic heterocycles. The van der Waals surface area contributed by atoms with Gasteiger partial charge in [0.1, 0.15) is 0 Å². The van der Waals surface area contributed by atoms with Gasteiger partial charge in [0.05, 0.1) is 12.1 Å². The van der Waals surface area contributed by atoms with Crippen LogP contribution in [-0.4, -0.2) is 5.78 Å². The molecule has 0 saturated carbocycles. The summed E-state index contributed by atoms with van der Waals surface area (Å²) in [7, 11) is 0. The molecule has 1 aliphatic heterocycles. The SMILES string of the molecule is O=C1c2ccccc2C2NC2c2ccccc21. The van der Waals surface area contributed by atoms with Crippen molar-refractivity contribution >= 4 is 5.78 Å². The lowest BCUT2D eigenvalue weighted by Gasteiger charge is -2.06. The second-order valence-corrected chi connectivity index (χ2v) is 4.63. The van der Waals surface area contributed by atoms with E-state index in [9.17, 15) is 4.79 Å².